The van der Waals surface area contributed by atoms with Crippen LogP contribution in [0.1, 0.15) is 38.5 Å². The van der Waals surface area contributed by atoms with Crippen LogP contribution < -0.4 is 0 Å². The van der Waals surface area contributed by atoms with Crippen molar-refractivity contribution in [3.05, 3.63) is 11.6 Å². The van der Waals surface area contributed by atoms with Gasteiger partial charge in [0, 0.05) is 13.0 Å². The maximum absolute atomic E-state index is 10.9. The minimum Gasteiger partial charge on any atom is -0.469 e. The number of carbonyl (C=O) groups is 1. The lowest BCUT2D eigenvalue weighted by Gasteiger charge is -2.37. The zero-order chi connectivity index (χ0) is 12.3. The molecule has 2 fully saturated rings. The Kier molecular flexibility index (Phi) is 4.21. The largest absolute Gasteiger partial charge is 0.469 e. The van der Waals surface area contributed by atoms with Crippen molar-refractivity contribution < 1.29 is 14.6 Å². The van der Waals surface area contributed by atoms with Gasteiger partial charge >= 0.3 is 5.97 Å². The molecule has 0 bridgehead atoms. The molecule has 0 aliphatic heterocycles. The van der Waals surface area contributed by atoms with Crippen LogP contribution in [0.4, 0.5) is 0 Å². The molecule has 1 N–H and O–H groups in total. The zero-order valence-corrected chi connectivity index (χ0v) is 10.5. The highest BCUT2D eigenvalue weighted by atomic mass is 16.5. The zero-order valence-electron chi connectivity index (χ0n) is 10.5. The highest BCUT2D eigenvalue weighted by Crippen LogP contribution is 2.53. The molecule has 0 spiro atoms. The van der Waals surface area contributed by atoms with Crippen LogP contribution in [0.25, 0.3) is 0 Å². The van der Waals surface area contributed by atoms with Gasteiger partial charge in [0.2, 0.25) is 0 Å². The Hall–Kier alpha value is -0.830. The molecule has 96 valence electrons. The molecule has 0 saturated heterocycles. The fraction of sp³-hybridized carbons (Fsp3) is 0.786. The highest BCUT2D eigenvalue weighted by Gasteiger charge is 2.44. The second-order valence-electron chi connectivity index (χ2n) is 5.24. The summed E-state index contributed by atoms with van der Waals surface area (Å²) in [5.41, 5.74) is 1.57. The summed E-state index contributed by atoms with van der Waals surface area (Å²) in [6, 6.07) is 0. The van der Waals surface area contributed by atoms with Gasteiger partial charge in [-0.15, -0.1) is 0 Å². The van der Waals surface area contributed by atoms with E-state index < -0.39 is 0 Å². The second-order valence-corrected chi connectivity index (χ2v) is 5.24. The third kappa shape index (κ3) is 2.71. The molecule has 0 aromatic heterocycles. The van der Waals surface area contributed by atoms with Gasteiger partial charge in [-0.3, -0.25) is 4.79 Å². The maximum atomic E-state index is 10.9. The molecule has 3 nitrogen and oxygen atoms in total. The van der Waals surface area contributed by atoms with Crippen molar-refractivity contribution in [2.75, 3.05) is 13.7 Å². The Morgan fingerprint density at radius 3 is 3.06 bits per heavy atom. The lowest BCUT2D eigenvalue weighted by atomic mass is 9.68. The predicted octanol–water partition coefficient (Wildman–Crippen LogP) is 2.29. The van der Waals surface area contributed by atoms with Crippen LogP contribution in [0.5, 0.6) is 0 Å². The van der Waals surface area contributed by atoms with Crippen molar-refractivity contribution in [3.63, 3.8) is 0 Å². The Morgan fingerprint density at radius 1 is 1.53 bits per heavy atom. The molecular formula is C14H22O3. The van der Waals surface area contributed by atoms with E-state index in [2.05, 4.69) is 10.8 Å². The van der Waals surface area contributed by atoms with Crippen molar-refractivity contribution >= 4 is 5.97 Å². The lowest BCUT2D eigenvalue weighted by molar-refractivity contribution is -0.140. The third-order valence-electron chi connectivity index (χ3n) is 4.37. The minimum absolute atomic E-state index is 0.115. The molecule has 2 saturated carbocycles. The monoisotopic (exact) mass is 238 g/mol. The second kappa shape index (κ2) is 5.67. The molecule has 2 unspecified atom stereocenters. The maximum Gasteiger partial charge on any atom is 0.305 e. The third-order valence-corrected chi connectivity index (χ3v) is 4.37. The molecule has 0 heterocycles. The number of unbranched alkanes of at least 4 members (excludes halogenated alkanes) is 1. The molecule has 0 aromatic carbocycles. The summed E-state index contributed by atoms with van der Waals surface area (Å²) in [6.45, 7) is 0.358. The van der Waals surface area contributed by atoms with E-state index in [0.717, 1.165) is 24.7 Å². The number of fused-ring (bicyclic) bond motifs is 1. The molecule has 2 aliphatic carbocycles. The summed E-state index contributed by atoms with van der Waals surface area (Å²) in [7, 11) is 1.44. The summed E-state index contributed by atoms with van der Waals surface area (Å²) in [6.07, 6.45) is 8.31. The van der Waals surface area contributed by atoms with E-state index in [0.29, 0.717) is 18.9 Å². The van der Waals surface area contributed by atoms with E-state index in [1.54, 1.807) is 5.57 Å². The predicted molar refractivity (Wildman–Crippen MR) is 65.4 cm³/mol. The number of ether oxygens (including phenoxy) is 1. The van der Waals surface area contributed by atoms with Gasteiger partial charge in [0.05, 0.1) is 7.11 Å². The molecule has 0 aromatic rings. The van der Waals surface area contributed by atoms with Gasteiger partial charge in [0.15, 0.2) is 0 Å². The average molecular weight is 238 g/mol. The van der Waals surface area contributed by atoms with Crippen LogP contribution in [-0.2, 0) is 9.53 Å². The van der Waals surface area contributed by atoms with Gasteiger partial charge in [0.25, 0.3) is 0 Å². The average Bonchev–Trinajstić information content (AvgIpc) is 2.65. The summed E-state index contributed by atoms with van der Waals surface area (Å²) in [5, 5.41) is 9.21. The van der Waals surface area contributed by atoms with Gasteiger partial charge in [-0.05, 0) is 49.9 Å². The molecule has 2 rings (SSSR count). The lowest BCUT2D eigenvalue weighted by Crippen LogP contribution is -2.29. The number of allylic oxidation sites excluding steroid dienone is 2. The Labute approximate surface area is 103 Å². The molecule has 0 amide bonds. The fourth-order valence-electron chi connectivity index (χ4n) is 3.28. The number of hydrogen-bond donors (Lipinski definition) is 1. The van der Waals surface area contributed by atoms with Crippen LogP contribution in [0, 0.1) is 17.8 Å². The first-order valence-corrected chi connectivity index (χ1v) is 6.63. The minimum atomic E-state index is -0.115. The molecule has 2 aliphatic rings. The van der Waals surface area contributed by atoms with Gasteiger partial charge < -0.3 is 9.84 Å². The van der Waals surface area contributed by atoms with Gasteiger partial charge in [-0.25, -0.2) is 0 Å². The Bertz CT molecular complexity index is 309. The number of methoxy groups -OCH3 is 1. The van der Waals surface area contributed by atoms with E-state index >= 15 is 0 Å². The van der Waals surface area contributed by atoms with Crippen molar-refractivity contribution in [2.24, 2.45) is 17.8 Å². The number of carbonyl (C=O) groups excluding carboxylic acids is 1. The van der Waals surface area contributed by atoms with Crippen LogP contribution in [0.15, 0.2) is 11.6 Å². The SMILES string of the molecule is COC(=O)CCC/C=C1/C[C@@H]2C(CO)CCC12. The summed E-state index contributed by atoms with van der Waals surface area (Å²) < 4.78 is 4.61. The van der Waals surface area contributed by atoms with E-state index in [1.165, 1.54) is 26.4 Å². The van der Waals surface area contributed by atoms with Crippen molar-refractivity contribution in [2.45, 2.75) is 38.5 Å². The van der Waals surface area contributed by atoms with E-state index in [-0.39, 0.29) is 5.97 Å². The number of aliphatic hydroxyl groups is 1. The van der Waals surface area contributed by atoms with Gasteiger partial charge in [0.1, 0.15) is 0 Å². The topological polar surface area (TPSA) is 46.5 Å². The number of aliphatic hydroxyl groups excluding tert-OH is 1. The first-order valence-electron chi connectivity index (χ1n) is 6.63. The van der Waals surface area contributed by atoms with Crippen molar-refractivity contribution in [1.82, 2.24) is 0 Å². The van der Waals surface area contributed by atoms with Crippen LogP contribution in [-0.4, -0.2) is 24.8 Å². The van der Waals surface area contributed by atoms with E-state index in [9.17, 15) is 9.90 Å². The summed E-state index contributed by atoms with van der Waals surface area (Å²) >= 11 is 0. The van der Waals surface area contributed by atoms with Crippen molar-refractivity contribution in [3.8, 4) is 0 Å². The smallest absolute Gasteiger partial charge is 0.305 e. The van der Waals surface area contributed by atoms with Crippen molar-refractivity contribution in [1.29, 1.82) is 0 Å². The number of hydrogen-bond acceptors (Lipinski definition) is 3. The van der Waals surface area contributed by atoms with Gasteiger partial charge in [-0.2, -0.15) is 0 Å². The molecule has 3 heteroatoms. The molecular weight excluding hydrogens is 216 g/mol. The van der Waals surface area contributed by atoms with Crippen LogP contribution in [0.2, 0.25) is 0 Å². The number of rotatable bonds is 5. The molecule has 0 radical (unpaired) electrons. The van der Waals surface area contributed by atoms with Crippen LogP contribution in [0.3, 0.4) is 0 Å². The number of esters is 1. The fourth-order valence-corrected chi connectivity index (χ4v) is 3.28. The Morgan fingerprint density at radius 2 is 2.35 bits per heavy atom. The first-order chi connectivity index (χ1) is 8.26. The van der Waals surface area contributed by atoms with E-state index in [4.69, 9.17) is 0 Å². The summed E-state index contributed by atoms with van der Waals surface area (Å²) in [5.74, 6) is 1.92. The Balaban J connectivity index is 1.70. The van der Waals surface area contributed by atoms with Gasteiger partial charge in [-0.1, -0.05) is 11.6 Å². The molecule has 17 heavy (non-hydrogen) atoms. The molecule has 3 atom stereocenters. The normalized spacial score (nSPS) is 33.3. The highest BCUT2D eigenvalue weighted by molar-refractivity contribution is 5.69. The summed E-state index contributed by atoms with van der Waals surface area (Å²) in [4.78, 5) is 10.9. The first kappa shape index (κ1) is 12.6. The van der Waals surface area contributed by atoms with Crippen LogP contribution >= 0.6 is 0 Å². The van der Waals surface area contributed by atoms with E-state index in [1.807, 2.05) is 0 Å². The standard InChI is InChI=1S/C14H22O3/c1-17-14(16)5-3-2-4-10-8-13-11(9-15)6-7-12(10)13/h4,11-13,15H,2-3,5-9H2,1H3/b10-4-/t11?,12?,13-/m1/s1. The quantitative estimate of drug-likeness (QED) is 0.454.